The van der Waals surface area contributed by atoms with Crippen molar-refractivity contribution in [2.24, 2.45) is 0 Å². The summed E-state index contributed by atoms with van der Waals surface area (Å²) in [6.45, 7) is 0.0656. The molecule has 5 rings (SSSR count). The van der Waals surface area contributed by atoms with Crippen LogP contribution in [0.15, 0.2) is 36.4 Å². The Morgan fingerprint density at radius 3 is 2.14 bits per heavy atom. The third kappa shape index (κ3) is 4.97. The summed E-state index contributed by atoms with van der Waals surface area (Å²) in [5, 5.41) is 0. The standard InChI is InChI=1S/C29H36F2N4O/c1-33(2)23-15-9-10-20(16-23)29-32-26-17-24(30)25(31)18-27(26)34(29)19-28(36)35(21-11-5-3-6-12-21)22-13-7-4-8-14-22/h9-10,15-18,21-22H,3-8,11-14,19H2,1-2H3. The number of anilines is 1. The predicted molar refractivity (Wildman–Crippen MR) is 140 cm³/mol. The van der Waals surface area contributed by atoms with Crippen LogP contribution in [0.4, 0.5) is 14.5 Å². The highest BCUT2D eigenvalue weighted by atomic mass is 19.2. The molecule has 7 heteroatoms. The van der Waals surface area contributed by atoms with Crippen LogP contribution in [0, 0.1) is 11.6 Å². The Balaban J connectivity index is 1.57. The van der Waals surface area contributed by atoms with Crippen molar-refractivity contribution >= 4 is 22.6 Å². The van der Waals surface area contributed by atoms with Gasteiger partial charge in [0.25, 0.3) is 0 Å². The van der Waals surface area contributed by atoms with Gasteiger partial charge >= 0.3 is 0 Å². The van der Waals surface area contributed by atoms with Gasteiger partial charge in [0.05, 0.1) is 11.0 Å². The molecule has 36 heavy (non-hydrogen) atoms. The Hall–Kier alpha value is -2.96. The van der Waals surface area contributed by atoms with E-state index in [1.54, 1.807) is 4.57 Å². The van der Waals surface area contributed by atoms with Gasteiger partial charge in [-0.05, 0) is 37.8 Å². The molecule has 0 bridgehead atoms. The van der Waals surface area contributed by atoms with E-state index < -0.39 is 11.6 Å². The first-order valence-electron chi connectivity index (χ1n) is 13.4. The fourth-order valence-electron chi connectivity index (χ4n) is 6.06. The lowest BCUT2D eigenvalue weighted by Crippen LogP contribution is -2.50. The molecule has 2 aliphatic carbocycles. The molecule has 0 saturated heterocycles. The molecule has 0 N–H and O–H groups in total. The van der Waals surface area contributed by atoms with Gasteiger partial charge in [0.2, 0.25) is 5.91 Å². The average molecular weight is 495 g/mol. The summed E-state index contributed by atoms with van der Waals surface area (Å²) in [5.74, 6) is -1.25. The van der Waals surface area contributed by atoms with Crippen molar-refractivity contribution in [2.75, 3.05) is 19.0 Å². The monoisotopic (exact) mass is 494 g/mol. The average Bonchev–Trinajstić information content (AvgIpc) is 3.22. The van der Waals surface area contributed by atoms with Crippen LogP contribution < -0.4 is 4.90 Å². The fraction of sp³-hybridized carbons (Fsp3) is 0.517. The zero-order chi connectivity index (χ0) is 25.2. The molecule has 192 valence electrons. The molecule has 5 nitrogen and oxygen atoms in total. The van der Waals surface area contributed by atoms with Crippen LogP contribution >= 0.6 is 0 Å². The first-order chi connectivity index (χ1) is 17.4. The molecule has 3 aromatic rings. The molecule has 0 unspecified atom stereocenters. The van der Waals surface area contributed by atoms with Gasteiger partial charge in [-0.25, -0.2) is 13.8 Å². The van der Waals surface area contributed by atoms with Gasteiger partial charge in [0.1, 0.15) is 12.4 Å². The quantitative estimate of drug-likeness (QED) is 0.391. The largest absolute Gasteiger partial charge is 0.378 e. The maximum absolute atomic E-state index is 14.4. The number of carbonyl (C=O) groups excluding carboxylic acids is 1. The normalized spacial score (nSPS) is 17.4. The van der Waals surface area contributed by atoms with E-state index in [4.69, 9.17) is 0 Å². The van der Waals surface area contributed by atoms with Crippen LogP contribution in [-0.2, 0) is 11.3 Å². The lowest BCUT2D eigenvalue weighted by atomic mass is 9.88. The second kappa shape index (κ2) is 10.6. The Morgan fingerprint density at radius 2 is 1.53 bits per heavy atom. The second-order valence-corrected chi connectivity index (χ2v) is 10.6. The summed E-state index contributed by atoms with van der Waals surface area (Å²) in [5.41, 5.74) is 2.60. The van der Waals surface area contributed by atoms with E-state index in [1.807, 2.05) is 43.3 Å². The molecule has 2 aromatic carbocycles. The van der Waals surface area contributed by atoms with Crippen LogP contribution in [0.25, 0.3) is 22.4 Å². The number of hydrogen-bond acceptors (Lipinski definition) is 3. The Labute approximate surface area is 212 Å². The van der Waals surface area contributed by atoms with Crippen molar-refractivity contribution in [1.82, 2.24) is 14.5 Å². The molecular weight excluding hydrogens is 458 g/mol. The minimum absolute atomic E-state index is 0.0582. The van der Waals surface area contributed by atoms with E-state index in [2.05, 4.69) is 9.88 Å². The number of benzene rings is 2. The second-order valence-electron chi connectivity index (χ2n) is 10.6. The van der Waals surface area contributed by atoms with E-state index in [-0.39, 0.29) is 24.5 Å². The summed E-state index contributed by atoms with van der Waals surface area (Å²) in [6.07, 6.45) is 11.3. The minimum atomic E-state index is -0.932. The number of nitrogens with zero attached hydrogens (tertiary/aromatic N) is 4. The van der Waals surface area contributed by atoms with Crippen molar-refractivity contribution in [1.29, 1.82) is 0 Å². The Kier molecular flexibility index (Phi) is 7.26. The molecular formula is C29H36F2N4O. The van der Waals surface area contributed by atoms with Gasteiger partial charge in [0.15, 0.2) is 11.6 Å². The maximum Gasteiger partial charge on any atom is 0.243 e. The van der Waals surface area contributed by atoms with E-state index in [0.29, 0.717) is 16.9 Å². The van der Waals surface area contributed by atoms with Crippen molar-refractivity contribution in [2.45, 2.75) is 82.8 Å². The summed E-state index contributed by atoms with van der Waals surface area (Å²) in [7, 11) is 3.92. The lowest BCUT2D eigenvalue weighted by molar-refractivity contribution is -0.138. The number of halogens is 2. The van der Waals surface area contributed by atoms with Gasteiger partial charge in [-0.1, -0.05) is 50.7 Å². The third-order valence-corrected chi connectivity index (χ3v) is 7.93. The van der Waals surface area contributed by atoms with Crippen molar-refractivity contribution in [3.05, 3.63) is 48.0 Å². The number of imidazole rings is 1. The van der Waals surface area contributed by atoms with Crippen LogP contribution in [0.3, 0.4) is 0 Å². The fourth-order valence-corrected chi connectivity index (χ4v) is 6.06. The molecule has 1 heterocycles. The number of hydrogen-bond donors (Lipinski definition) is 0. The SMILES string of the molecule is CN(C)c1cccc(-c2nc3cc(F)c(F)cc3n2CC(=O)N(C2CCCCC2)C2CCCCC2)c1. The first kappa shape index (κ1) is 24.7. The number of carbonyl (C=O) groups is 1. The molecule has 0 atom stereocenters. The van der Waals surface area contributed by atoms with Gasteiger partial charge in [0, 0.05) is 49.6 Å². The number of fused-ring (bicyclic) bond motifs is 1. The molecule has 2 aliphatic rings. The van der Waals surface area contributed by atoms with Gasteiger partial charge in [-0.15, -0.1) is 0 Å². The number of amides is 1. The summed E-state index contributed by atoms with van der Waals surface area (Å²) < 4.78 is 30.3. The number of rotatable bonds is 6. The third-order valence-electron chi connectivity index (χ3n) is 7.93. The van der Waals surface area contributed by atoms with E-state index in [1.165, 1.54) is 18.9 Å². The highest BCUT2D eigenvalue weighted by Crippen LogP contribution is 2.33. The highest BCUT2D eigenvalue weighted by Gasteiger charge is 2.33. The predicted octanol–water partition coefficient (Wildman–Crippen LogP) is 6.54. The van der Waals surface area contributed by atoms with E-state index in [0.717, 1.165) is 68.7 Å². The smallest absolute Gasteiger partial charge is 0.243 e. The summed E-state index contributed by atoms with van der Waals surface area (Å²) >= 11 is 0. The number of aromatic nitrogens is 2. The maximum atomic E-state index is 14.4. The molecule has 1 amide bonds. The van der Waals surface area contributed by atoms with Gasteiger partial charge in [-0.3, -0.25) is 4.79 Å². The molecule has 1 aromatic heterocycles. The Bertz CT molecular complexity index is 1210. The van der Waals surface area contributed by atoms with Crippen LogP contribution in [0.2, 0.25) is 0 Å². The Morgan fingerprint density at radius 1 is 0.917 bits per heavy atom. The van der Waals surface area contributed by atoms with Crippen molar-refractivity contribution < 1.29 is 13.6 Å². The summed E-state index contributed by atoms with van der Waals surface area (Å²) in [6, 6.07) is 10.7. The van der Waals surface area contributed by atoms with E-state index in [9.17, 15) is 13.6 Å². The molecule has 0 radical (unpaired) electrons. The van der Waals surface area contributed by atoms with Gasteiger partial charge < -0.3 is 14.4 Å². The van der Waals surface area contributed by atoms with Crippen LogP contribution in [0.1, 0.15) is 64.2 Å². The minimum Gasteiger partial charge on any atom is -0.378 e. The highest BCUT2D eigenvalue weighted by molar-refractivity contribution is 5.85. The van der Waals surface area contributed by atoms with Crippen LogP contribution in [0.5, 0.6) is 0 Å². The van der Waals surface area contributed by atoms with E-state index >= 15 is 0 Å². The first-order valence-corrected chi connectivity index (χ1v) is 13.4. The molecule has 2 saturated carbocycles. The topological polar surface area (TPSA) is 41.4 Å². The zero-order valence-electron chi connectivity index (χ0n) is 21.4. The van der Waals surface area contributed by atoms with Crippen molar-refractivity contribution in [3.63, 3.8) is 0 Å². The zero-order valence-corrected chi connectivity index (χ0v) is 21.4. The van der Waals surface area contributed by atoms with Gasteiger partial charge in [-0.2, -0.15) is 0 Å². The molecule has 2 fully saturated rings. The summed E-state index contributed by atoms with van der Waals surface area (Å²) in [4.78, 5) is 22.9. The molecule has 0 aliphatic heterocycles. The van der Waals surface area contributed by atoms with Crippen molar-refractivity contribution in [3.8, 4) is 11.4 Å². The lowest BCUT2D eigenvalue weighted by Gasteiger charge is -2.42. The molecule has 0 spiro atoms. The van der Waals surface area contributed by atoms with Crippen LogP contribution in [-0.4, -0.2) is 46.5 Å².